The molecule has 0 bridgehead atoms. The van der Waals surface area contributed by atoms with Crippen molar-refractivity contribution in [1.82, 2.24) is 19.9 Å². The Hall–Kier alpha value is -2.12. The molecule has 2 heterocycles. The Bertz CT molecular complexity index is 775. The molecular weight excluding hydrogens is 309 g/mol. The normalized spacial score (nSPS) is 15.9. The van der Waals surface area contributed by atoms with Crippen molar-refractivity contribution in [1.29, 1.82) is 0 Å². The Balaban J connectivity index is 2.01. The van der Waals surface area contributed by atoms with Crippen LogP contribution >= 0.6 is 0 Å². The molecule has 3 rings (SSSR count). The molecule has 23 heavy (non-hydrogen) atoms. The quantitative estimate of drug-likeness (QED) is 0.943. The molecule has 124 valence electrons. The molecule has 8 heteroatoms. The van der Waals surface area contributed by atoms with Crippen LogP contribution in [-0.2, 0) is 6.18 Å². The van der Waals surface area contributed by atoms with Gasteiger partial charge in [-0.15, -0.1) is 0 Å². The summed E-state index contributed by atoms with van der Waals surface area (Å²) in [5.74, 6) is -0.0585. The van der Waals surface area contributed by atoms with Crippen LogP contribution in [0.1, 0.15) is 48.4 Å². The molecular formula is C15H17F3N4O. The van der Waals surface area contributed by atoms with E-state index in [0.29, 0.717) is 5.92 Å². The minimum Gasteiger partial charge on any atom is -0.347 e. The van der Waals surface area contributed by atoms with Crippen molar-refractivity contribution in [3.63, 3.8) is 0 Å². The number of halogens is 3. The molecule has 1 N–H and O–H groups in total. The van der Waals surface area contributed by atoms with Gasteiger partial charge in [0.2, 0.25) is 0 Å². The van der Waals surface area contributed by atoms with Gasteiger partial charge in [0.05, 0.1) is 6.20 Å². The highest BCUT2D eigenvalue weighted by molar-refractivity contribution is 6.00. The SMILES string of the molecule is Cc1cc(C(F)(F)F)nc2c(C(=O)NC(C)(C)C3CC3)cnn12. The van der Waals surface area contributed by atoms with Crippen molar-refractivity contribution in [2.75, 3.05) is 0 Å². The number of nitrogens with zero attached hydrogens (tertiary/aromatic N) is 3. The Morgan fingerprint density at radius 1 is 1.35 bits per heavy atom. The molecule has 0 spiro atoms. The third kappa shape index (κ3) is 2.89. The van der Waals surface area contributed by atoms with Crippen molar-refractivity contribution < 1.29 is 18.0 Å². The smallest absolute Gasteiger partial charge is 0.347 e. The summed E-state index contributed by atoms with van der Waals surface area (Å²) in [6, 6.07) is 0.913. The first-order valence-electron chi connectivity index (χ1n) is 7.34. The minimum absolute atomic E-state index is 0.0490. The molecule has 0 aliphatic heterocycles. The lowest BCUT2D eigenvalue weighted by Gasteiger charge is -2.25. The van der Waals surface area contributed by atoms with Crippen LogP contribution in [0.3, 0.4) is 0 Å². The van der Waals surface area contributed by atoms with Crippen LogP contribution in [0.4, 0.5) is 13.2 Å². The first kappa shape index (κ1) is 15.8. The van der Waals surface area contributed by atoms with E-state index in [1.54, 1.807) is 0 Å². The zero-order valence-electron chi connectivity index (χ0n) is 13.0. The molecule has 0 unspecified atom stereocenters. The fourth-order valence-corrected chi connectivity index (χ4v) is 2.69. The van der Waals surface area contributed by atoms with Gasteiger partial charge in [0.1, 0.15) is 11.3 Å². The van der Waals surface area contributed by atoms with E-state index in [2.05, 4.69) is 15.4 Å². The average Bonchev–Trinajstić information content (AvgIpc) is 3.18. The summed E-state index contributed by atoms with van der Waals surface area (Å²) < 4.78 is 40.0. The number of hydrogen-bond acceptors (Lipinski definition) is 3. The van der Waals surface area contributed by atoms with Gasteiger partial charge in [0.25, 0.3) is 5.91 Å². The summed E-state index contributed by atoms with van der Waals surface area (Å²) in [7, 11) is 0. The Labute approximate surface area is 130 Å². The van der Waals surface area contributed by atoms with Gasteiger partial charge in [-0.25, -0.2) is 9.50 Å². The second kappa shape index (κ2) is 4.94. The molecule has 1 aliphatic carbocycles. The lowest BCUT2D eigenvalue weighted by molar-refractivity contribution is -0.141. The Morgan fingerprint density at radius 3 is 2.57 bits per heavy atom. The molecule has 0 atom stereocenters. The monoisotopic (exact) mass is 326 g/mol. The lowest BCUT2D eigenvalue weighted by atomic mass is 9.98. The summed E-state index contributed by atoms with van der Waals surface area (Å²) in [5, 5.41) is 6.86. The molecule has 2 aromatic rings. The number of amides is 1. The van der Waals surface area contributed by atoms with Gasteiger partial charge in [0, 0.05) is 11.2 Å². The van der Waals surface area contributed by atoms with E-state index >= 15 is 0 Å². The topological polar surface area (TPSA) is 59.3 Å². The molecule has 0 saturated heterocycles. The summed E-state index contributed by atoms with van der Waals surface area (Å²) in [4.78, 5) is 16.0. The molecule has 0 aromatic carbocycles. The number of aryl methyl sites for hydroxylation is 1. The molecule has 1 amide bonds. The second-order valence-electron chi connectivity index (χ2n) is 6.52. The van der Waals surface area contributed by atoms with Gasteiger partial charge >= 0.3 is 6.18 Å². The van der Waals surface area contributed by atoms with Gasteiger partial charge in [-0.05, 0) is 45.6 Å². The van der Waals surface area contributed by atoms with E-state index in [1.807, 2.05) is 13.8 Å². The number of hydrogen-bond donors (Lipinski definition) is 1. The van der Waals surface area contributed by atoms with Crippen LogP contribution in [0.2, 0.25) is 0 Å². The van der Waals surface area contributed by atoms with Crippen LogP contribution in [0.5, 0.6) is 0 Å². The maximum atomic E-state index is 12.9. The van der Waals surface area contributed by atoms with E-state index in [-0.39, 0.29) is 16.9 Å². The lowest BCUT2D eigenvalue weighted by Crippen LogP contribution is -2.45. The number of carbonyl (C=O) groups excluding carboxylic acids is 1. The molecule has 1 fully saturated rings. The standard InChI is InChI=1S/C15H17F3N4O/c1-8-6-11(15(16,17)18)20-12-10(7-19-22(8)12)13(23)21-14(2,3)9-4-5-9/h6-7,9H,4-5H2,1-3H3,(H,21,23). The predicted molar refractivity (Wildman–Crippen MR) is 77.0 cm³/mol. The van der Waals surface area contributed by atoms with Crippen molar-refractivity contribution >= 4 is 11.6 Å². The van der Waals surface area contributed by atoms with Gasteiger partial charge in [-0.3, -0.25) is 4.79 Å². The van der Waals surface area contributed by atoms with Crippen LogP contribution in [0.25, 0.3) is 5.65 Å². The molecule has 5 nitrogen and oxygen atoms in total. The van der Waals surface area contributed by atoms with Gasteiger partial charge < -0.3 is 5.32 Å². The number of nitrogens with one attached hydrogen (secondary N) is 1. The number of aromatic nitrogens is 3. The van der Waals surface area contributed by atoms with Crippen LogP contribution in [-0.4, -0.2) is 26.0 Å². The second-order valence-corrected chi connectivity index (χ2v) is 6.52. The molecule has 1 aliphatic rings. The summed E-state index contributed by atoms with van der Waals surface area (Å²) in [6.07, 6.45) is -1.24. The number of alkyl halides is 3. The van der Waals surface area contributed by atoms with Crippen molar-refractivity contribution in [3.05, 3.63) is 29.2 Å². The van der Waals surface area contributed by atoms with E-state index in [0.717, 1.165) is 18.9 Å². The third-order valence-corrected chi connectivity index (χ3v) is 4.22. The Morgan fingerprint density at radius 2 is 2.00 bits per heavy atom. The third-order valence-electron chi connectivity index (χ3n) is 4.22. The average molecular weight is 326 g/mol. The fraction of sp³-hybridized carbons (Fsp3) is 0.533. The molecule has 0 radical (unpaired) electrons. The molecule has 1 saturated carbocycles. The number of rotatable bonds is 3. The fourth-order valence-electron chi connectivity index (χ4n) is 2.69. The number of carbonyl (C=O) groups is 1. The van der Waals surface area contributed by atoms with Gasteiger partial charge in [0.15, 0.2) is 5.65 Å². The van der Waals surface area contributed by atoms with E-state index in [9.17, 15) is 18.0 Å². The van der Waals surface area contributed by atoms with Gasteiger partial charge in [-0.1, -0.05) is 0 Å². The molecule has 2 aromatic heterocycles. The number of fused-ring (bicyclic) bond motifs is 1. The van der Waals surface area contributed by atoms with E-state index in [1.165, 1.54) is 17.6 Å². The predicted octanol–water partition coefficient (Wildman–Crippen LogP) is 2.97. The van der Waals surface area contributed by atoms with Crippen LogP contribution < -0.4 is 5.32 Å². The largest absolute Gasteiger partial charge is 0.433 e. The highest BCUT2D eigenvalue weighted by Crippen LogP contribution is 2.39. The van der Waals surface area contributed by atoms with Crippen LogP contribution in [0, 0.1) is 12.8 Å². The Kier molecular flexibility index (Phi) is 3.38. The first-order chi connectivity index (χ1) is 10.6. The van der Waals surface area contributed by atoms with Gasteiger partial charge in [-0.2, -0.15) is 18.3 Å². The highest BCUT2D eigenvalue weighted by atomic mass is 19.4. The maximum Gasteiger partial charge on any atom is 0.433 e. The zero-order valence-corrected chi connectivity index (χ0v) is 13.0. The van der Waals surface area contributed by atoms with Crippen molar-refractivity contribution in [2.45, 2.75) is 45.3 Å². The first-order valence-corrected chi connectivity index (χ1v) is 7.34. The summed E-state index contributed by atoms with van der Waals surface area (Å²) in [6.45, 7) is 5.31. The van der Waals surface area contributed by atoms with Crippen LogP contribution in [0.15, 0.2) is 12.3 Å². The van der Waals surface area contributed by atoms with E-state index < -0.39 is 23.3 Å². The zero-order chi connectivity index (χ0) is 17.0. The minimum atomic E-state index is -4.57. The summed E-state index contributed by atoms with van der Waals surface area (Å²) >= 11 is 0. The highest BCUT2D eigenvalue weighted by Gasteiger charge is 2.39. The van der Waals surface area contributed by atoms with Crippen molar-refractivity contribution in [3.8, 4) is 0 Å². The van der Waals surface area contributed by atoms with E-state index in [4.69, 9.17) is 0 Å². The maximum absolute atomic E-state index is 12.9. The summed E-state index contributed by atoms with van der Waals surface area (Å²) in [5.41, 5.74) is -1.20. The van der Waals surface area contributed by atoms with Crippen molar-refractivity contribution in [2.24, 2.45) is 5.92 Å².